The third kappa shape index (κ3) is 5.61. The van der Waals surface area contributed by atoms with E-state index in [1.807, 2.05) is 36.0 Å². The van der Waals surface area contributed by atoms with E-state index in [4.69, 9.17) is 14.5 Å². The van der Waals surface area contributed by atoms with Crippen molar-refractivity contribution >= 4 is 34.8 Å². The second-order valence-electron chi connectivity index (χ2n) is 9.56. The van der Waals surface area contributed by atoms with Gasteiger partial charge in [-0.05, 0) is 64.0 Å². The number of likely N-dealkylation sites (tertiary alicyclic amines) is 1. The molecule has 8 nitrogen and oxygen atoms in total. The van der Waals surface area contributed by atoms with Crippen LogP contribution in [0.1, 0.15) is 62.8 Å². The molecular weight excluding hydrogens is 490 g/mol. The van der Waals surface area contributed by atoms with Gasteiger partial charge in [-0.25, -0.2) is 9.79 Å². The number of ether oxygens (including phenoxy) is 2. The summed E-state index contributed by atoms with van der Waals surface area (Å²) in [6, 6.07) is 5.77. The van der Waals surface area contributed by atoms with Crippen LogP contribution in [-0.2, 0) is 23.9 Å². The molecule has 1 aromatic carbocycles. The normalized spacial score (nSPS) is 19.9. The molecular formula is C28H35N3O5S. The Hall–Kier alpha value is -3.07. The SMILES string of the molecule is CCOC(=O)C1=C(C)N=C2SC=C(CC(=O)N3CCC(C(=O)OCC)CC3)N2C1c1cc(C)ccc1C. The van der Waals surface area contributed by atoms with Gasteiger partial charge in [-0.1, -0.05) is 35.5 Å². The highest BCUT2D eigenvalue weighted by atomic mass is 32.2. The lowest BCUT2D eigenvalue weighted by Gasteiger charge is -2.38. The van der Waals surface area contributed by atoms with Crippen LogP contribution < -0.4 is 0 Å². The summed E-state index contributed by atoms with van der Waals surface area (Å²) in [5.74, 6) is -0.722. The molecule has 1 atom stereocenters. The highest BCUT2D eigenvalue weighted by molar-refractivity contribution is 8.16. The van der Waals surface area contributed by atoms with Gasteiger partial charge in [0.2, 0.25) is 5.91 Å². The second-order valence-corrected chi connectivity index (χ2v) is 10.4. The lowest BCUT2D eigenvalue weighted by Crippen LogP contribution is -2.42. The molecule has 3 aliphatic heterocycles. The van der Waals surface area contributed by atoms with Crippen LogP contribution in [0.15, 0.2) is 45.6 Å². The Morgan fingerprint density at radius 2 is 1.76 bits per heavy atom. The Bertz CT molecular complexity index is 1180. The molecule has 0 spiro atoms. The van der Waals surface area contributed by atoms with Crippen LogP contribution >= 0.6 is 11.8 Å². The summed E-state index contributed by atoms with van der Waals surface area (Å²) in [7, 11) is 0. The number of piperidine rings is 1. The number of aliphatic imine (C=N–C) groups is 1. The zero-order chi connectivity index (χ0) is 26.7. The van der Waals surface area contributed by atoms with E-state index in [2.05, 4.69) is 18.2 Å². The Morgan fingerprint density at radius 3 is 2.43 bits per heavy atom. The van der Waals surface area contributed by atoms with Crippen molar-refractivity contribution in [3.05, 3.63) is 57.3 Å². The topological polar surface area (TPSA) is 88.5 Å². The van der Waals surface area contributed by atoms with Crippen molar-refractivity contribution in [1.82, 2.24) is 9.80 Å². The summed E-state index contributed by atoms with van der Waals surface area (Å²) in [6.07, 6.45) is 1.40. The molecule has 1 aromatic rings. The standard InChI is InChI=1S/C28H35N3O5S/c1-6-35-26(33)20-10-12-30(13-11-20)23(32)15-21-16-37-28-29-19(5)24(27(34)36-7-2)25(31(21)28)22-14-17(3)8-9-18(22)4/h8-9,14,16,20,25H,6-7,10-13,15H2,1-5H3. The summed E-state index contributed by atoms with van der Waals surface area (Å²) in [6.45, 7) is 11.2. The molecule has 1 unspecified atom stereocenters. The van der Waals surface area contributed by atoms with Crippen molar-refractivity contribution in [3.63, 3.8) is 0 Å². The number of benzene rings is 1. The van der Waals surface area contributed by atoms with Crippen molar-refractivity contribution in [1.29, 1.82) is 0 Å². The van der Waals surface area contributed by atoms with Gasteiger partial charge >= 0.3 is 11.9 Å². The van der Waals surface area contributed by atoms with Crippen LogP contribution in [0.25, 0.3) is 0 Å². The highest BCUT2D eigenvalue weighted by Crippen LogP contribution is 2.46. The van der Waals surface area contributed by atoms with E-state index in [1.54, 1.807) is 13.8 Å². The first-order valence-electron chi connectivity index (χ1n) is 12.9. The molecule has 1 saturated heterocycles. The number of rotatable bonds is 7. The van der Waals surface area contributed by atoms with Crippen molar-refractivity contribution in [2.24, 2.45) is 10.9 Å². The molecule has 0 aromatic heterocycles. The lowest BCUT2D eigenvalue weighted by atomic mass is 9.90. The number of aryl methyl sites for hydroxylation is 2. The van der Waals surface area contributed by atoms with Crippen molar-refractivity contribution in [2.75, 3.05) is 26.3 Å². The maximum absolute atomic E-state index is 13.4. The molecule has 3 heterocycles. The van der Waals surface area contributed by atoms with Crippen LogP contribution in [0.2, 0.25) is 0 Å². The van der Waals surface area contributed by atoms with Gasteiger partial charge in [0.05, 0.1) is 42.9 Å². The molecule has 0 aliphatic carbocycles. The van der Waals surface area contributed by atoms with Crippen LogP contribution in [0.3, 0.4) is 0 Å². The fourth-order valence-corrected chi connectivity index (χ4v) is 6.04. The van der Waals surface area contributed by atoms with E-state index in [9.17, 15) is 14.4 Å². The maximum atomic E-state index is 13.4. The largest absolute Gasteiger partial charge is 0.466 e. The number of hydrogen-bond donors (Lipinski definition) is 0. The first-order valence-corrected chi connectivity index (χ1v) is 13.8. The molecule has 3 aliphatic rings. The third-order valence-electron chi connectivity index (χ3n) is 7.03. The van der Waals surface area contributed by atoms with Gasteiger partial charge in [0.25, 0.3) is 0 Å². The summed E-state index contributed by atoms with van der Waals surface area (Å²) in [4.78, 5) is 47.2. The first kappa shape index (κ1) is 27.0. The third-order valence-corrected chi connectivity index (χ3v) is 7.91. The van der Waals surface area contributed by atoms with Crippen molar-refractivity contribution < 1.29 is 23.9 Å². The van der Waals surface area contributed by atoms with Gasteiger partial charge < -0.3 is 19.3 Å². The van der Waals surface area contributed by atoms with E-state index in [-0.39, 0.29) is 30.8 Å². The zero-order valence-corrected chi connectivity index (χ0v) is 23.0. The van der Waals surface area contributed by atoms with Gasteiger partial charge in [0.1, 0.15) is 0 Å². The Labute approximate surface area is 222 Å². The predicted octanol–water partition coefficient (Wildman–Crippen LogP) is 4.63. The van der Waals surface area contributed by atoms with Crippen LogP contribution in [0.4, 0.5) is 0 Å². The number of allylic oxidation sites excluding steroid dienone is 1. The molecule has 0 N–H and O–H groups in total. The molecule has 0 saturated carbocycles. The number of amidine groups is 1. The molecule has 4 rings (SSSR count). The van der Waals surface area contributed by atoms with Crippen LogP contribution in [-0.4, -0.2) is 59.1 Å². The number of nitrogens with zero attached hydrogens (tertiary/aromatic N) is 3. The van der Waals surface area contributed by atoms with E-state index < -0.39 is 12.0 Å². The predicted molar refractivity (Wildman–Crippen MR) is 143 cm³/mol. The minimum Gasteiger partial charge on any atom is -0.466 e. The number of hydrogen-bond acceptors (Lipinski definition) is 8. The van der Waals surface area contributed by atoms with E-state index in [0.717, 1.165) is 27.6 Å². The quantitative estimate of drug-likeness (QED) is 0.480. The highest BCUT2D eigenvalue weighted by Gasteiger charge is 2.42. The van der Waals surface area contributed by atoms with E-state index in [0.29, 0.717) is 43.8 Å². The average molecular weight is 526 g/mol. The van der Waals surface area contributed by atoms with Gasteiger partial charge in [-0.3, -0.25) is 9.59 Å². The van der Waals surface area contributed by atoms with Crippen molar-refractivity contribution in [2.45, 2.75) is 59.9 Å². The van der Waals surface area contributed by atoms with Crippen LogP contribution in [0, 0.1) is 19.8 Å². The van der Waals surface area contributed by atoms with Crippen LogP contribution in [0.5, 0.6) is 0 Å². The number of thioether (sulfide) groups is 1. The fraction of sp³-hybridized carbons (Fsp3) is 0.500. The minimum absolute atomic E-state index is 0.000849. The Balaban J connectivity index is 1.59. The molecule has 9 heteroatoms. The summed E-state index contributed by atoms with van der Waals surface area (Å²) >= 11 is 1.47. The lowest BCUT2D eigenvalue weighted by molar-refractivity contribution is -0.151. The van der Waals surface area contributed by atoms with Gasteiger partial charge in [0, 0.05) is 18.8 Å². The summed E-state index contributed by atoms with van der Waals surface area (Å²) in [5.41, 5.74) is 5.06. The number of fused-ring (bicyclic) bond motifs is 1. The monoisotopic (exact) mass is 525 g/mol. The number of carbonyl (C=O) groups is 3. The minimum atomic E-state index is -0.435. The summed E-state index contributed by atoms with van der Waals surface area (Å²) in [5, 5.41) is 2.71. The van der Waals surface area contributed by atoms with Gasteiger partial charge in [0.15, 0.2) is 5.17 Å². The average Bonchev–Trinajstić information content (AvgIpc) is 3.26. The van der Waals surface area contributed by atoms with E-state index >= 15 is 0 Å². The van der Waals surface area contributed by atoms with E-state index in [1.165, 1.54) is 11.8 Å². The second kappa shape index (κ2) is 11.5. The smallest absolute Gasteiger partial charge is 0.338 e. The summed E-state index contributed by atoms with van der Waals surface area (Å²) < 4.78 is 10.6. The van der Waals surface area contributed by atoms with Crippen molar-refractivity contribution in [3.8, 4) is 0 Å². The zero-order valence-electron chi connectivity index (χ0n) is 22.2. The molecule has 1 amide bonds. The number of esters is 2. The molecule has 198 valence electrons. The molecule has 37 heavy (non-hydrogen) atoms. The van der Waals surface area contributed by atoms with Gasteiger partial charge in [-0.2, -0.15) is 0 Å². The molecule has 1 fully saturated rings. The fourth-order valence-electron chi connectivity index (χ4n) is 5.08. The number of amides is 1. The first-order chi connectivity index (χ1) is 17.7. The maximum Gasteiger partial charge on any atom is 0.338 e. The Morgan fingerprint density at radius 1 is 1.05 bits per heavy atom. The Kier molecular flexibility index (Phi) is 8.42. The van der Waals surface area contributed by atoms with Gasteiger partial charge in [-0.15, -0.1) is 0 Å². The number of carbonyl (C=O) groups excluding carboxylic acids is 3. The molecule has 0 radical (unpaired) electrons. The molecule has 0 bridgehead atoms.